The molecule has 0 aliphatic carbocycles. The number of piperazine rings is 1. The van der Waals surface area contributed by atoms with E-state index in [-0.39, 0.29) is 39.1 Å². The molecule has 4 aromatic rings. The number of ether oxygens (including phenoxy) is 1. The minimum Gasteiger partial charge on any atom is -0.490 e. The van der Waals surface area contributed by atoms with Gasteiger partial charge in [-0.1, -0.05) is 59.8 Å². The average molecular weight is 751 g/mol. The Balaban J connectivity index is 1.18. The number of para-hydroxylation sites is 1. The van der Waals surface area contributed by atoms with Crippen LogP contribution in [-0.2, 0) is 21.5 Å². The molecule has 15 heteroatoms. The van der Waals surface area contributed by atoms with Crippen LogP contribution in [0, 0.1) is 5.92 Å². The zero-order chi connectivity index (χ0) is 38.5. The van der Waals surface area contributed by atoms with Crippen molar-refractivity contribution in [3.8, 4) is 17.0 Å². The van der Waals surface area contributed by atoms with Crippen LogP contribution in [0.5, 0.6) is 5.75 Å². The first kappa shape index (κ1) is 38.9. The second kappa shape index (κ2) is 16.7. The number of hydrogen-bond acceptors (Lipinski definition) is 10. The molecule has 0 spiro atoms. The van der Waals surface area contributed by atoms with Crippen LogP contribution in [0.25, 0.3) is 11.3 Å². The molecule has 54 heavy (non-hydrogen) atoms. The summed E-state index contributed by atoms with van der Waals surface area (Å²) in [7, 11) is 0. The van der Waals surface area contributed by atoms with E-state index in [0.29, 0.717) is 29.3 Å². The van der Waals surface area contributed by atoms with Crippen molar-refractivity contribution >= 4 is 11.8 Å². The Bertz CT molecular complexity index is 1860. The van der Waals surface area contributed by atoms with E-state index in [1.165, 1.54) is 0 Å². The van der Waals surface area contributed by atoms with Gasteiger partial charge in [-0.25, -0.2) is 0 Å². The van der Waals surface area contributed by atoms with Gasteiger partial charge in [0.15, 0.2) is 5.76 Å². The lowest BCUT2D eigenvalue weighted by Crippen LogP contribution is -2.63. The molecule has 1 fully saturated rings. The molecule has 12 nitrogen and oxygen atoms in total. The molecule has 4 N–H and O–H groups in total. The minimum absolute atomic E-state index is 0.0109. The molecule has 6 rings (SSSR count). The highest BCUT2D eigenvalue weighted by atomic mass is 19.4. The molecule has 2 aromatic heterocycles. The van der Waals surface area contributed by atoms with Gasteiger partial charge < -0.3 is 30.1 Å². The van der Waals surface area contributed by atoms with Gasteiger partial charge in [0.2, 0.25) is 11.8 Å². The Kier molecular flexibility index (Phi) is 12.0. The summed E-state index contributed by atoms with van der Waals surface area (Å²) in [6, 6.07) is 20.1. The summed E-state index contributed by atoms with van der Waals surface area (Å²) in [6.07, 6.45) is -3.35. The van der Waals surface area contributed by atoms with Crippen LogP contribution in [0.3, 0.4) is 0 Å². The van der Waals surface area contributed by atoms with Crippen molar-refractivity contribution in [2.75, 3.05) is 39.3 Å². The van der Waals surface area contributed by atoms with Gasteiger partial charge in [-0.05, 0) is 44.4 Å². The second-order valence-electron chi connectivity index (χ2n) is 14.3. The number of halogens is 3. The number of hydrogen-bond donors (Lipinski definition) is 4. The molecule has 1 saturated heterocycles. The first-order chi connectivity index (χ1) is 25.8. The van der Waals surface area contributed by atoms with Crippen LogP contribution in [0.1, 0.15) is 43.2 Å². The topological polar surface area (TPSA) is 153 Å². The Hall–Kier alpha value is -4.83. The molecule has 2 aromatic carbocycles. The molecule has 288 valence electrons. The number of aliphatic hydroxyl groups excluding tert-OH is 2. The lowest BCUT2D eigenvalue weighted by atomic mass is 9.91. The number of nitrogens with one attached hydrogen (secondary N) is 2. The fourth-order valence-electron chi connectivity index (χ4n) is 7.12. The zero-order valence-corrected chi connectivity index (χ0v) is 30.1. The number of aromatic nitrogens is 2. The highest BCUT2D eigenvalue weighted by Gasteiger charge is 2.42. The molecule has 2 aliphatic rings. The molecule has 5 atom stereocenters. The van der Waals surface area contributed by atoms with Crippen molar-refractivity contribution in [3.05, 3.63) is 102 Å². The van der Waals surface area contributed by atoms with E-state index in [2.05, 4.69) is 15.5 Å². The summed E-state index contributed by atoms with van der Waals surface area (Å²) in [5.74, 6) is -0.958. The largest absolute Gasteiger partial charge is 0.490 e. The van der Waals surface area contributed by atoms with Gasteiger partial charge in [-0.2, -0.15) is 13.2 Å². The van der Waals surface area contributed by atoms with Crippen molar-refractivity contribution in [1.29, 1.82) is 0 Å². The number of aliphatic hydroxyl groups is 2. The van der Waals surface area contributed by atoms with Crippen molar-refractivity contribution in [3.63, 3.8) is 0 Å². The van der Waals surface area contributed by atoms with Crippen molar-refractivity contribution in [2.45, 2.75) is 62.7 Å². The molecule has 2 aliphatic heterocycles. The highest BCUT2D eigenvalue weighted by molar-refractivity contribution is 5.82. The van der Waals surface area contributed by atoms with Crippen LogP contribution < -0.4 is 15.4 Å². The molecular formula is C39H45F3N6O6. The minimum atomic E-state index is -4.62. The van der Waals surface area contributed by atoms with E-state index in [9.17, 15) is 33.0 Å². The van der Waals surface area contributed by atoms with Crippen molar-refractivity contribution < 1.29 is 42.2 Å². The summed E-state index contributed by atoms with van der Waals surface area (Å²) >= 11 is 0. The Morgan fingerprint density at radius 3 is 2.54 bits per heavy atom. The number of carbonyl (C=O) groups is 2. The number of benzene rings is 2. The van der Waals surface area contributed by atoms with Crippen LogP contribution in [0.4, 0.5) is 13.2 Å². The Labute approximate surface area is 311 Å². The van der Waals surface area contributed by atoms with Gasteiger partial charge >= 0.3 is 6.18 Å². The number of carbonyl (C=O) groups excluding carboxylic acids is 2. The Morgan fingerprint density at radius 2 is 1.80 bits per heavy atom. The third-order valence-electron chi connectivity index (χ3n) is 10.2. The summed E-state index contributed by atoms with van der Waals surface area (Å²) in [4.78, 5) is 35.2. The summed E-state index contributed by atoms with van der Waals surface area (Å²) < 4.78 is 51.1. The van der Waals surface area contributed by atoms with Crippen molar-refractivity contribution in [2.24, 2.45) is 5.92 Å². The maximum absolute atomic E-state index is 13.9. The summed E-state index contributed by atoms with van der Waals surface area (Å²) in [5.41, 5.74) is 2.06. The lowest BCUT2D eigenvalue weighted by Gasteiger charge is -2.46. The van der Waals surface area contributed by atoms with Crippen LogP contribution in [0.15, 0.2) is 89.7 Å². The predicted octanol–water partition coefficient (Wildman–Crippen LogP) is 3.86. The maximum atomic E-state index is 13.9. The first-order valence-corrected chi connectivity index (χ1v) is 17.9. The number of pyridine rings is 1. The quantitative estimate of drug-likeness (QED) is 0.159. The predicted molar refractivity (Wildman–Crippen MR) is 192 cm³/mol. The van der Waals surface area contributed by atoms with E-state index in [1.807, 2.05) is 66.5 Å². The molecule has 0 unspecified atom stereocenters. The zero-order valence-electron chi connectivity index (χ0n) is 30.1. The number of alkyl halides is 3. The second-order valence-corrected chi connectivity index (χ2v) is 14.3. The third kappa shape index (κ3) is 9.45. The number of nitrogens with zero attached hydrogens (tertiary/aromatic N) is 4. The van der Waals surface area contributed by atoms with E-state index < -0.39 is 60.3 Å². The van der Waals surface area contributed by atoms with Crippen molar-refractivity contribution in [1.82, 2.24) is 30.6 Å². The van der Waals surface area contributed by atoms with E-state index in [1.54, 1.807) is 47.6 Å². The number of amides is 2. The van der Waals surface area contributed by atoms with Gasteiger partial charge in [0.1, 0.15) is 36.7 Å². The standard InChI is InChI=1S/C39H45F3N6O6/c1-38(2,34-19-30(46-54-34)26-10-4-3-5-11-26)48-16-15-47(31(22-48)37(52)44-24-39(40,41)42)21-28(49)18-27(17-25-9-8-14-43-20-25)36(51)45-35-29-12-6-7-13-33(29)53-23-32(35)50/h3-14,19-20,27-28,31-32,35,49-50H,15-18,21-24H2,1-2H3,(H,44,52)(H,45,51)/t27-,28+,31+,32-,35+/m1/s1. The van der Waals surface area contributed by atoms with E-state index in [4.69, 9.17) is 9.26 Å². The summed E-state index contributed by atoms with van der Waals surface area (Å²) in [5, 5.41) is 31.5. The third-order valence-corrected chi connectivity index (χ3v) is 10.2. The molecule has 2 amide bonds. The average Bonchev–Trinajstić information content (AvgIpc) is 3.67. The highest BCUT2D eigenvalue weighted by Crippen LogP contribution is 2.34. The lowest BCUT2D eigenvalue weighted by molar-refractivity contribution is -0.144. The number of fused-ring (bicyclic) bond motifs is 1. The molecular weight excluding hydrogens is 705 g/mol. The fourth-order valence-corrected chi connectivity index (χ4v) is 7.12. The molecule has 0 saturated carbocycles. The normalized spacial score (nSPS) is 20.7. The smallest absolute Gasteiger partial charge is 0.405 e. The van der Waals surface area contributed by atoms with Crippen LogP contribution in [0.2, 0.25) is 0 Å². The van der Waals surface area contributed by atoms with Gasteiger partial charge in [0.25, 0.3) is 0 Å². The van der Waals surface area contributed by atoms with E-state index in [0.717, 1.165) is 11.1 Å². The number of β-amino-alcohol motifs (C(OH)–C–C–N with tert-alkyl or cyclic N) is 1. The SMILES string of the molecule is CC(C)(c1cc(-c2ccccc2)no1)N1CCN(C[C@@H](O)C[C@@H](Cc2cccnc2)C(=O)N[C@H]2c3ccccc3OC[C@H]2O)[C@H](C(=O)NCC(F)(F)F)C1. The first-order valence-electron chi connectivity index (χ1n) is 17.9. The molecule has 0 bridgehead atoms. The number of rotatable bonds is 13. The molecule has 0 radical (unpaired) electrons. The summed E-state index contributed by atoms with van der Waals surface area (Å²) in [6.45, 7) is 2.85. The maximum Gasteiger partial charge on any atom is 0.405 e. The monoisotopic (exact) mass is 750 g/mol. The van der Waals surface area contributed by atoms with Crippen LogP contribution >= 0.6 is 0 Å². The van der Waals surface area contributed by atoms with E-state index >= 15 is 0 Å². The van der Waals surface area contributed by atoms with Gasteiger partial charge in [0.05, 0.1) is 17.7 Å². The van der Waals surface area contributed by atoms with Gasteiger partial charge in [-0.3, -0.25) is 24.4 Å². The van der Waals surface area contributed by atoms with Crippen LogP contribution in [-0.4, -0.2) is 106 Å². The fraction of sp³-hybridized carbons (Fsp3) is 0.436. The van der Waals surface area contributed by atoms with Gasteiger partial charge in [-0.15, -0.1) is 0 Å². The van der Waals surface area contributed by atoms with Gasteiger partial charge in [0, 0.05) is 61.7 Å². The Morgan fingerprint density at radius 1 is 1.04 bits per heavy atom. The molecule has 4 heterocycles.